The van der Waals surface area contributed by atoms with Crippen LogP contribution in [0, 0.1) is 0 Å². The summed E-state index contributed by atoms with van der Waals surface area (Å²) < 4.78 is 4.50. The van der Waals surface area contributed by atoms with Gasteiger partial charge in [0.1, 0.15) is 0 Å². The van der Waals surface area contributed by atoms with Crippen molar-refractivity contribution >= 4 is 0 Å². The molecule has 0 amide bonds. The highest BCUT2D eigenvalue weighted by atomic mass is 16.6. The quantitative estimate of drug-likeness (QED) is 0.336. The summed E-state index contributed by atoms with van der Waals surface area (Å²) in [6.07, 6.45) is 0. The molecule has 0 aromatic rings. The lowest BCUT2D eigenvalue weighted by Crippen LogP contribution is -1.20. The lowest BCUT2D eigenvalue weighted by Gasteiger charge is -1.24. The van der Waals surface area contributed by atoms with E-state index in [9.17, 15) is 0 Å². The Morgan fingerprint density at radius 3 is 1.29 bits per heavy atom. The molecule has 0 aromatic heterocycles. The van der Waals surface area contributed by atoms with E-state index < -0.39 is 0 Å². The van der Waals surface area contributed by atoms with Crippen LogP contribution in [0.5, 0.6) is 0 Å². The first kappa shape index (κ1) is 9.85. The minimum absolute atomic E-state index is 1.00. The van der Waals surface area contributed by atoms with Crippen molar-refractivity contribution in [2.45, 2.75) is 13.8 Å². The van der Waals surface area contributed by atoms with E-state index in [-0.39, 0.29) is 0 Å². The SMILES string of the molecule is C1CO1.C=C.CC. The van der Waals surface area contributed by atoms with Gasteiger partial charge in [-0.25, -0.2) is 0 Å². The molecule has 0 atom stereocenters. The molecule has 1 fully saturated rings. The second-order valence-electron chi connectivity index (χ2n) is 0.612. The van der Waals surface area contributed by atoms with Crippen molar-refractivity contribution in [3.8, 4) is 0 Å². The van der Waals surface area contributed by atoms with E-state index in [4.69, 9.17) is 0 Å². The topological polar surface area (TPSA) is 12.5 Å². The highest BCUT2D eigenvalue weighted by Gasteiger charge is 1.94. The normalized spacial score (nSPS) is 11.7. The molecule has 0 aliphatic carbocycles. The van der Waals surface area contributed by atoms with Crippen molar-refractivity contribution < 1.29 is 4.74 Å². The average Bonchev–Trinajstić information content (AvgIpc) is 2.58. The smallest absolute Gasteiger partial charge is 0.0701 e. The fourth-order valence-corrected chi connectivity index (χ4v) is 0. The van der Waals surface area contributed by atoms with Gasteiger partial charge in [0.15, 0.2) is 0 Å². The third-order valence-electron chi connectivity index (χ3n) is 0.204. The summed E-state index contributed by atoms with van der Waals surface area (Å²) in [5.41, 5.74) is 0. The third-order valence-corrected chi connectivity index (χ3v) is 0.204. The average molecular weight is 102 g/mol. The van der Waals surface area contributed by atoms with Gasteiger partial charge in [0, 0.05) is 0 Å². The first-order chi connectivity index (χ1) is 3.50. The van der Waals surface area contributed by atoms with Crippen molar-refractivity contribution in [1.29, 1.82) is 0 Å². The van der Waals surface area contributed by atoms with Gasteiger partial charge in [0.25, 0.3) is 0 Å². The number of rotatable bonds is 0. The molecule has 1 heteroatoms. The van der Waals surface area contributed by atoms with Crippen LogP contribution < -0.4 is 0 Å². The first-order valence-electron chi connectivity index (χ1n) is 2.58. The Morgan fingerprint density at radius 1 is 1.14 bits per heavy atom. The van der Waals surface area contributed by atoms with E-state index in [1.54, 1.807) is 0 Å². The zero-order valence-electron chi connectivity index (χ0n) is 5.24. The molecule has 1 heterocycles. The maximum absolute atomic E-state index is 4.50. The molecular formula is C6H14O. The molecule has 7 heavy (non-hydrogen) atoms. The van der Waals surface area contributed by atoms with E-state index in [0.717, 1.165) is 13.2 Å². The lowest BCUT2D eigenvalue weighted by molar-refractivity contribution is 0.475. The van der Waals surface area contributed by atoms with Crippen molar-refractivity contribution in [2.24, 2.45) is 0 Å². The summed E-state index contributed by atoms with van der Waals surface area (Å²) in [5, 5.41) is 0. The lowest BCUT2D eigenvalue weighted by atomic mass is 11.0. The number of ether oxygens (including phenoxy) is 1. The van der Waals surface area contributed by atoms with Crippen LogP contribution in [0.2, 0.25) is 0 Å². The summed E-state index contributed by atoms with van der Waals surface area (Å²) >= 11 is 0. The van der Waals surface area contributed by atoms with E-state index in [2.05, 4.69) is 17.9 Å². The summed E-state index contributed by atoms with van der Waals surface area (Å²) in [5.74, 6) is 0. The molecule has 0 bridgehead atoms. The molecule has 44 valence electrons. The fourth-order valence-electron chi connectivity index (χ4n) is 0. The zero-order chi connectivity index (χ0) is 6.12. The van der Waals surface area contributed by atoms with Crippen LogP contribution in [0.3, 0.4) is 0 Å². The van der Waals surface area contributed by atoms with Crippen LogP contribution in [0.1, 0.15) is 13.8 Å². The first-order valence-corrected chi connectivity index (χ1v) is 2.58. The predicted molar refractivity (Wildman–Crippen MR) is 33.4 cm³/mol. The number of hydrogen-bond acceptors (Lipinski definition) is 1. The molecule has 1 aliphatic rings. The molecule has 1 nitrogen and oxygen atoms in total. The Labute approximate surface area is 46.0 Å². The van der Waals surface area contributed by atoms with Crippen molar-refractivity contribution in [1.82, 2.24) is 0 Å². The molecule has 1 aliphatic heterocycles. The summed E-state index contributed by atoms with van der Waals surface area (Å²) in [6.45, 7) is 12.0. The Morgan fingerprint density at radius 2 is 1.29 bits per heavy atom. The Kier molecular flexibility index (Phi) is 24.3. The minimum Gasteiger partial charge on any atom is -0.377 e. The molecule has 1 rings (SSSR count). The van der Waals surface area contributed by atoms with Gasteiger partial charge in [-0.3, -0.25) is 0 Å². The molecule has 0 N–H and O–H groups in total. The van der Waals surface area contributed by atoms with Gasteiger partial charge in [0.2, 0.25) is 0 Å². The van der Waals surface area contributed by atoms with Gasteiger partial charge in [-0.05, 0) is 0 Å². The van der Waals surface area contributed by atoms with Crippen LogP contribution in [-0.2, 0) is 4.74 Å². The second-order valence-corrected chi connectivity index (χ2v) is 0.612. The zero-order valence-corrected chi connectivity index (χ0v) is 5.24. The highest BCUT2D eigenvalue weighted by Crippen LogP contribution is 1.84. The van der Waals surface area contributed by atoms with Crippen LogP contribution >= 0.6 is 0 Å². The second kappa shape index (κ2) is 17.3. The van der Waals surface area contributed by atoms with Gasteiger partial charge >= 0.3 is 0 Å². The predicted octanol–water partition coefficient (Wildman–Crippen LogP) is 1.84. The Balaban J connectivity index is 0. The van der Waals surface area contributed by atoms with Gasteiger partial charge in [-0.2, -0.15) is 0 Å². The van der Waals surface area contributed by atoms with Gasteiger partial charge < -0.3 is 4.74 Å². The van der Waals surface area contributed by atoms with Crippen molar-refractivity contribution in [3.63, 3.8) is 0 Å². The fraction of sp³-hybridized carbons (Fsp3) is 0.667. The highest BCUT2D eigenvalue weighted by molar-refractivity contribution is 4.36. The molecule has 1 saturated heterocycles. The van der Waals surface area contributed by atoms with Crippen molar-refractivity contribution in [3.05, 3.63) is 13.2 Å². The molecule has 0 saturated carbocycles. The number of epoxide rings is 1. The molecule has 0 spiro atoms. The monoisotopic (exact) mass is 102 g/mol. The van der Waals surface area contributed by atoms with E-state index in [0.29, 0.717) is 0 Å². The molecular weight excluding hydrogens is 88.1 g/mol. The van der Waals surface area contributed by atoms with Gasteiger partial charge in [-0.1, -0.05) is 13.8 Å². The van der Waals surface area contributed by atoms with Crippen LogP contribution in [0.15, 0.2) is 13.2 Å². The summed E-state index contributed by atoms with van der Waals surface area (Å²) in [6, 6.07) is 0. The maximum Gasteiger partial charge on any atom is 0.0701 e. The van der Waals surface area contributed by atoms with Crippen LogP contribution in [-0.4, -0.2) is 13.2 Å². The Hall–Kier alpha value is -0.300. The number of hydrogen-bond donors (Lipinski definition) is 0. The summed E-state index contributed by atoms with van der Waals surface area (Å²) in [4.78, 5) is 0. The molecule has 0 radical (unpaired) electrons. The van der Waals surface area contributed by atoms with Gasteiger partial charge in [-0.15, -0.1) is 13.2 Å². The standard InChI is InChI=1S/C2H4O.C2H6.C2H4/c1-2-3-1;2*1-2/h1-2H2;1-2H3;1-2H2. The minimum atomic E-state index is 1.00. The van der Waals surface area contributed by atoms with E-state index >= 15 is 0 Å². The van der Waals surface area contributed by atoms with Crippen molar-refractivity contribution in [2.75, 3.05) is 13.2 Å². The Bertz CT molecular complexity index is 15.4. The van der Waals surface area contributed by atoms with Gasteiger partial charge in [0.05, 0.1) is 13.2 Å². The molecule has 0 aromatic carbocycles. The van der Waals surface area contributed by atoms with Crippen LogP contribution in [0.4, 0.5) is 0 Å². The summed E-state index contributed by atoms with van der Waals surface area (Å²) in [7, 11) is 0. The maximum atomic E-state index is 4.50. The third kappa shape index (κ3) is 159. The van der Waals surface area contributed by atoms with E-state index in [1.807, 2.05) is 13.8 Å². The van der Waals surface area contributed by atoms with E-state index in [1.165, 1.54) is 0 Å². The largest absolute Gasteiger partial charge is 0.377 e. The van der Waals surface area contributed by atoms with Crippen LogP contribution in [0.25, 0.3) is 0 Å². The molecule has 0 unspecified atom stereocenters.